The lowest BCUT2D eigenvalue weighted by Crippen LogP contribution is -2.39. The average Bonchev–Trinajstić information content (AvgIpc) is 2.22. The van der Waals surface area contributed by atoms with Crippen LogP contribution < -0.4 is 10.9 Å². The summed E-state index contributed by atoms with van der Waals surface area (Å²) in [6.45, 7) is 1.95. The molecule has 0 bridgehead atoms. The van der Waals surface area contributed by atoms with Crippen LogP contribution in [-0.4, -0.2) is 12.3 Å². The molecule has 1 aromatic rings. The molecule has 0 aliphatic heterocycles. The van der Waals surface area contributed by atoms with E-state index in [-0.39, 0.29) is 12.1 Å². The monoisotopic (exact) mass is 268 g/mol. The quantitative estimate of drug-likeness (QED) is 0.359. The Kier molecular flexibility index (Phi) is 5.70. The van der Waals surface area contributed by atoms with Crippen molar-refractivity contribution < 1.29 is 17.9 Å². The van der Waals surface area contributed by atoms with Crippen molar-refractivity contribution in [3.63, 3.8) is 0 Å². The van der Waals surface area contributed by atoms with Crippen LogP contribution in [0.15, 0.2) is 12.1 Å². The molecule has 1 unspecified atom stereocenters. The Morgan fingerprint density at radius 3 is 2.41 bits per heavy atom. The molecule has 0 spiro atoms. The van der Waals surface area contributed by atoms with E-state index in [9.17, 15) is 13.2 Å². The first kappa shape index (κ1) is 14.2. The van der Waals surface area contributed by atoms with Crippen LogP contribution in [-0.2, 0) is 11.3 Å². The first-order chi connectivity index (χ1) is 8.04. The van der Waals surface area contributed by atoms with E-state index in [0.717, 1.165) is 0 Å². The lowest BCUT2D eigenvalue weighted by atomic mass is 10.2. The third-order valence-corrected chi connectivity index (χ3v) is 2.13. The number of ether oxygens (including phenoxy) is 1. The molecule has 1 atom stereocenters. The Bertz CT molecular complexity index is 356. The van der Waals surface area contributed by atoms with Crippen molar-refractivity contribution in [3.8, 4) is 0 Å². The van der Waals surface area contributed by atoms with E-state index in [1.54, 1.807) is 6.92 Å². The van der Waals surface area contributed by atoms with Crippen molar-refractivity contribution in [3.05, 3.63) is 35.1 Å². The normalized spacial score (nSPS) is 12.8. The fourth-order valence-electron chi connectivity index (χ4n) is 1.15. The van der Waals surface area contributed by atoms with E-state index in [0.29, 0.717) is 18.7 Å². The van der Waals surface area contributed by atoms with Crippen LogP contribution in [0.4, 0.5) is 13.2 Å². The maximum atomic E-state index is 13.2. The van der Waals surface area contributed by atoms with Gasteiger partial charge >= 0.3 is 0 Å². The van der Waals surface area contributed by atoms with Crippen molar-refractivity contribution in [1.29, 1.82) is 0 Å². The van der Waals surface area contributed by atoms with Crippen molar-refractivity contribution >= 4 is 11.6 Å². The van der Waals surface area contributed by atoms with Gasteiger partial charge in [0.05, 0.1) is 0 Å². The minimum Gasteiger partial charge on any atom is -0.349 e. The number of benzene rings is 1. The van der Waals surface area contributed by atoms with Gasteiger partial charge in [-0.1, -0.05) is 11.6 Å². The summed E-state index contributed by atoms with van der Waals surface area (Å²) in [6, 6.07) is 1.22. The van der Waals surface area contributed by atoms with Crippen molar-refractivity contribution in [2.45, 2.75) is 19.2 Å². The van der Waals surface area contributed by atoms with Gasteiger partial charge in [0.15, 0.2) is 5.69 Å². The SMILES string of the molecule is CCOC(Cl)NNCc1c(F)cc(F)cc1F. The maximum absolute atomic E-state index is 13.2. The first-order valence-corrected chi connectivity index (χ1v) is 5.35. The molecule has 0 aliphatic carbocycles. The minimum absolute atomic E-state index is 0.186. The molecule has 0 amide bonds. The van der Waals surface area contributed by atoms with Crippen molar-refractivity contribution in [2.75, 3.05) is 6.61 Å². The number of hydrazine groups is 1. The molecule has 3 nitrogen and oxygen atoms in total. The predicted molar refractivity (Wildman–Crippen MR) is 57.6 cm³/mol. The summed E-state index contributed by atoms with van der Waals surface area (Å²) >= 11 is 5.61. The highest BCUT2D eigenvalue weighted by Crippen LogP contribution is 2.14. The van der Waals surface area contributed by atoms with Gasteiger partial charge in [-0.15, -0.1) is 0 Å². The third-order valence-electron chi connectivity index (χ3n) is 1.90. The van der Waals surface area contributed by atoms with Gasteiger partial charge in [0.25, 0.3) is 0 Å². The molecule has 2 N–H and O–H groups in total. The Hall–Kier alpha value is -0.820. The second kappa shape index (κ2) is 6.80. The molecule has 1 rings (SSSR count). The lowest BCUT2D eigenvalue weighted by molar-refractivity contribution is 0.0843. The van der Waals surface area contributed by atoms with E-state index in [2.05, 4.69) is 10.9 Å². The van der Waals surface area contributed by atoms with Gasteiger partial charge in [0.2, 0.25) is 0 Å². The molecule has 0 heterocycles. The molecule has 96 valence electrons. The zero-order chi connectivity index (χ0) is 12.8. The average molecular weight is 269 g/mol. The molecule has 0 aromatic heterocycles. The van der Waals surface area contributed by atoms with Gasteiger partial charge < -0.3 is 4.74 Å². The number of nitrogens with one attached hydrogen (secondary N) is 2. The second-order valence-corrected chi connectivity index (χ2v) is 3.51. The number of halogens is 4. The Morgan fingerprint density at radius 2 is 1.88 bits per heavy atom. The van der Waals surface area contributed by atoms with Crippen molar-refractivity contribution in [2.24, 2.45) is 0 Å². The van der Waals surface area contributed by atoms with Crippen LogP contribution in [0.1, 0.15) is 12.5 Å². The molecule has 1 aromatic carbocycles. The molecule has 0 aliphatic rings. The summed E-state index contributed by atoms with van der Waals surface area (Å²) in [5.41, 5.74) is 3.85. The largest absolute Gasteiger partial charge is 0.349 e. The van der Waals surface area contributed by atoms with E-state index in [1.807, 2.05) is 0 Å². The van der Waals surface area contributed by atoms with E-state index in [4.69, 9.17) is 16.3 Å². The van der Waals surface area contributed by atoms with E-state index < -0.39 is 23.1 Å². The topological polar surface area (TPSA) is 33.3 Å². The number of alkyl halides is 1. The summed E-state index contributed by atoms with van der Waals surface area (Å²) in [6.07, 6.45) is 0. The van der Waals surface area contributed by atoms with Crippen LogP contribution in [0.25, 0.3) is 0 Å². The highest BCUT2D eigenvalue weighted by Gasteiger charge is 2.11. The molecule has 0 saturated heterocycles. The van der Waals surface area contributed by atoms with Crippen LogP contribution in [0.3, 0.4) is 0 Å². The highest BCUT2D eigenvalue weighted by molar-refractivity contribution is 6.19. The first-order valence-electron chi connectivity index (χ1n) is 4.92. The number of rotatable bonds is 6. The third kappa shape index (κ3) is 4.51. The Labute approximate surface area is 102 Å². The zero-order valence-corrected chi connectivity index (χ0v) is 9.82. The van der Waals surface area contributed by atoms with Gasteiger partial charge in [-0.25, -0.2) is 24.0 Å². The molecule has 0 fully saturated rings. The molecule has 7 heteroatoms. The molecular formula is C10H12ClF3N2O. The summed E-state index contributed by atoms with van der Waals surface area (Å²) in [5.74, 6) is -2.88. The van der Waals surface area contributed by atoms with Gasteiger partial charge in [0.1, 0.15) is 17.5 Å². The van der Waals surface area contributed by atoms with Gasteiger partial charge in [-0.3, -0.25) is 0 Å². The van der Waals surface area contributed by atoms with Crippen LogP contribution in [0.5, 0.6) is 0 Å². The fraction of sp³-hybridized carbons (Fsp3) is 0.400. The van der Waals surface area contributed by atoms with E-state index in [1.165, 1.54) is 0 Å². The van der Waals surface area contributed by atoms with E-state index >= 15 is 0 Å². The number of hydrogen-bond acceptors (Lipinski definition) is 3. The van der Waals surface area contributed by atoms with Gasteiger partial charge in [0, 0.05) is 30.8 Å². The van der Waals surface area contributed by atoms with Crippen LogP contribution in [0, 0.1) is 17.5 Å². The fourth-order valence-corrected chi connectivity index (χ4v) is 1.35. The maximum Gasteiger partial charge on any atom is 0.197 e. The second-order valence-electron chi connectivity index (χ2n) is 3.12. The standard InChI is InChI=1S/C10H12ClF3N2O/c1-2-17-10(11)16-15-5-7-8(13)3-6(12)4-9(7)14/h3-4,10,15-16H,2,5H2,1H3. The minimum atomic E-state index is -0.959. The smallest absolute Gasteiger partial charge is 0.197 e. The van der Waals surface area contributed by atoms with Crippen molar-refractivity contribution in [1.82, 2.24) is 10.9 Å². The number of hydrogen-bond donors (Lipinski definition) is 2. The lowest BCUT2D eigenvalue weighted by Gasteiger charge is -2.13. The predicted octanol–water partition coefficient (Wildman–Crippen LogP) is 2.26. The Morgan fingerprint density at radius 1 is 1.29 bits per heavy atom. The molecule has 17 heavy (non-hydrogen) atoms. The summed E-state index contributed by atoms with van der Waals surface area (Å²) in [5, 5.41) is 0. The zero-order valence-electron chi connectivity index (χ0n) is 9.07. The van der Waals surface area contributed by atoms with Crippen LogP contribution in [0.2, 0.25) is 0 Å². The van der Waals surface area contributed by atoms with Gasteiger partial charge in [-0.05, 0) is 6.92 Å². The summed E-state index contributed by atoms with van der Waals surface area (Å²) < 4.78 is 43.8. The summed E-state index contributed by atoms with van der Waals surface area (Å²) in [7, 11) is 0. The van der Waals surface area contributed by atoms with Gasteiger partial charge in [-0.2, -0.15) is 0 Å². The molecule has 0 saturated carbocycles. The molecular weight excluding hydrogens is 257 g/mol. The summed E-state index contributed by atoms with van der Waals surface area (Å²) in [4.78, 5) is 0. The highest BCUT2D eigenvalue weighted by atomic mass is 35.5. The van der Waals surface area contributed by atoms with Crippen LogP contribution >= 0.6 is 11.6 Å². The Balaban J connectivity index is 2.52. The molecule has 0 radical (unpaired) electrons.